The van der Waals surface area contributed by atoms with Gasteiger partial charge in [0.2, 0.25) is 0 Å². The van der Waals surface area contributed by atoms with E-state index in [2.05, 4.69) is 59.5 Å². The largest absolute Gasteiger partial charge is 0.464 e. The molecule has 1 N–H and O–H groups in total. The maximum Gasteiger partial charge on any atom is 0.138 e. The maximum absolute atomic E-state index is 6.17. The second kappa shape index (κ2) is 7.64. The minimum atomic E-state index is 0.621. The molecule has 5 heteroatoms. The molecule has 1 aliphatic carbocycles. The summed E-state index contributed by atoms with van der Waals surface area (Å²) in [6.07, 6.45) is 7.39. The normalized spacial score (nSPS) is 13.6. The molecule has 1 aliphatic rings. The van der Waals surface area contributed by atoms with Crippen molar-refractivity contribution < 1.29 is 4.42 Å². The Labute approximate surface area is 175 Å². The molecule has 0 bridgehead atoms. The summed E-state index contributed by atoms with van der Waals surface area (Å²) in [7, 11) is 0. The van der Waals surface area contributed by atoms with E-state index in [1.165, 1.54) is 51.8 Å². The predicted molar refractivity (Wildman–Crippen MR) is 120 cm³/mol. The van der Waals surface area contributed by atoms with Crippen LogP contribution in [-0.2, 0) is 25.8 Å². The van der Waals surface area contributed by atoms with E-state index in [1.807, 2.05) is 11.3 Å². The van der Waals surface area contributed by atoms with Crippen LogP contribution in [-0.4, -0.2) is 9.97 Å². The van der Waals surface area contributed by atoms with Crippen LogP contribution in [0.15, 0.2) is 41.1 Å². The highest BCUT2D eigenvalue weighted by Crippen LogP contribution is 2.38. The van der Waals surface area contributed by atoms with Crippen molar-refractivity contribution in [3.8, 4) is 11.1 Å². The van der Waals surface area contributed by atoms with Crippen LogP contribution >= 0.6 is 11.3 Å². The number of thiophene rings is 1. The number of anilines is 1. The van der Waals surface area contributed by atoms with Gasteiger partial charge in [-0.3, -0.25) is 0 Å². The average Bonchev–Trinajstić information content (AvgIpc) is 3.34. The molecule has 0 radical (unpaired) electrons. The van der Waals surface area contributed by atoms with E-state index in [0.29, 0.717) is 6.54 Å². The van der Waals surface area contributed by atoms with Crippen LogP contribution in [0, 0.1) is 6.92 Å². The molecule has 1 aromatic carbocycles. The Kier molecular flexibility index (Phi) is 4.84. The predicted octanol–water partition coefficient (Wildman–Crippen LogP) is 6.31. The summed E-state index contributed by atoms with van der Waals surface area (Å²) in [5, 5.41) is 4.74. The molecule has 0 spiro atoms. The number of furan rings is 1. The fraction of sp³-hybridized carbons (Fsp3) is 0.333. The first kappa shape index (κ1) is 18.4. The van der Waals surface area contributed by atoms with E-state index >= 15 is 0 Å². The molecule has 0 saturated heterocycles. The number of benzene rings is 1. The molecule has 3 heterocycles. The van der Waals surface area contributed by atoms with Crippen molar-refractivity contribution in [2.75, 3.05) is 5.32 Å². The lowest BCUT2D eigenvalue weighted by Crippen LogP contribution is -2.04. The van der Waals surface area contributed by atoms with Gasteiger partial charge in [-0.2, -0.15) is 0 Å². The highest BCUT2D eigenvalue weighted by molar-refractivity contribution is 7.19. The van der Waals surface area contributed by atoms with Crippen molar-refractivity contribution in [1.82, 2.24) is 9.97 Å². The van der Waals surface area contributed by atoms with E-state index < -0.39 is 0 Å². The van der Waals surface area contributed by atoms with Gasteiger partial charge in [-0.1, -0.05) is 36.8 Å². The number of hydrogen-bond acceptors (Lipinski definition) is 5. The SMILES string of the molecule is CCc1oc(CNc2ncnc3sc4c(c23)CCCC4)cc1-c1ccc(C)cc1. The number of hydrogen-bond donors (Lipinski definition) is 1. The summed E-state index contributed by atoms with van der Waals surface area (Å²) in [4.78, 5) is 11.7. The van der Waals surface area contributed by atoms with Gasteiger partial charge in [-0.05, 0) is 49.8 Å². The van der Waals surface area contributed by atoms with Crippen molar-refractivity contribution in [2.24, 2.45) is 0 Å². The van der Waals surface area contributed by atoms with Crippen LogP contribution < -0.4 is 5.32 Å². The summed E-state index contributed by atoms with van der Waals surface area (Å²) >= 11 is 1.83. The lowest BCUT2D eigenvalue weighted by Gasteiger charge is -2.12. The van der Waals surface area contributed by atoms with E-state index in [4.69, 9.17) is 4.42 Å². The van der Waals surface area contributed by atoms with Gasteiger partial charge < -0.3 is 9.73 Å². The van der Waals surface area contributed by atoms with Crippen molar-refractivity contribution >= 4 is 27.4 Å². The number of rotatable bonds is 5. The van der Waals surface area contributed by atoms with Crippen molar-refractivity contribution in [2.45, 2.75) is 52.5 Å². The third kappa shape index (κ3) is 3.44. The molecule has 0 atom stereocenters. The van der Waals surface area contributed by atoms with Gasteiger partial charge in [0.05, 0.1) is 11.9 Å². The lowest BCUT2D eigenvalue weighted by molar-refractivity contribution is 0.476. The van der Waals surface area contributed by atoms with Crippen LogP contribution in [0.1, 0.15) is 47.3 Å². The van der Waals surface area contributed by atoms with E-state index in [9.17, 15) is 0 Å². The summed E-state index contributed by atoms with van der Waals surface area (Å²) in [5.41, 5.74) is 5.11. The van der Waals surface area contributed by atoms with Gasteiger partial charge in [0.25, 0.3) is 0 Å². The second-order valence-corrected chi connectivity index (χ2v) is 8.82. The molecule has 4 nitrogen and oxygen atoms in total. The van der Waals surface area contributed by atoms with Crippen molar-refractivity contribution in [3.05, 3.63) is 64.2 Å². The molecule has 4 aromatic rings. The second-order valence-electron chi connectivity index (χ2n) is 7.74. The summed E-state index contributed by atoms with van der Waals surface area (Å²) in [6, 6.07) is 10.8. The average molecular weight is 404 g/mol. The lowest BCUT2D eigenvalue weighted by atomic mass is 9.97. The molecule has 0 fully saturated rings. The minimum absolute atomic E-state index is 0.621. The fourth-order valence-electron chi connectivity index (χ4n) is 4.21. The molecule has 0 aliphatic heterocycles. The van der Waals surface area contributed by atoms with Crippen LogP contribution in [0.5, 0.6) is 0 Å². The summed E-state index contributed by atoms with van der Waals surface area (Å²) < 4.78 is 6.17. The molecule has 0 unspecified atom stereocenters. The quantitative estimate of drug-likeness (QED) is 0.424. The highest BCUT2D eigenvalue weighted by atomic mass is 32.1. The third-order valence-corrected chi connectivity index (χ3v) is 6.92. The van der Waals surface area contributed by atoms with Gasteiger partial charge in [-0.25, -0.2) is 9.97 Å². The maximum atomic E-state index is 6.17. The van der Waals surface area contributed by atoms with Crippen LogP contribution in [0.25, 0.3) is 21.3 Å². The van der Waals surface area contributed by atoms with E-state index in [1.54, 1.807) is 6.33 Å². The molecule has 148 valence electrons. The molecule has 0 saturated carbocycles. The van der Waals surface area contributed by atoms with Gasteiger partial charge in [-0.15, -0.1) is 11.3 Å². The van der Waals surface area contributed by atoms with E-state index in [-0.39, 0.29) is 0 Å². The summed E-state index contributed by atoms with van der Waals surface area (Å²) in [5.74, 6) is 2.90. The Morgan fingerprint density at radius 1 is 1.10 bits per heavy atom. The van der Waals surface area contributed by atoms with Crippen LogP contribution in [0.2, 0.25) is 0 Å². The van der Waals surface area contributed by atoms with Crippen LogP contribution in [0.4, 0.5) is 5.82 Å². The Balaban J connectivity index is 1.43. The van der Waals surface area contributed by atoms with Gasteiger partial charge >= 0.3 is 0 Å². The summed E-state index contributed by atoms with van der Waals surface area (Å²) in [6.45, 7) is 4.87. The Bertz CT molecular complexity index is 1160. The zero-order valence-electron chi connectivity index (χ0n) is 16.9. The number of fused-ring (bicyclic) bond motifs is 3. The Hall–Kier alpha value is -2.66. The van der Waals surface area contributed by atoms with E-state index in [0.717, 1.165) is 35.0 Å². The molecular formula is C24H25N3OS. The van der Waals surface area contributed by atoms with Gasteiger partial charge in [0.15, 0.2) is 0 Å². The first-order valence-corrected chi connectivity index (χ1v) is 11.2. The third-order valence-electron chi connectivity index (χ3n) is 5.73. The molecule has 5 rings (SSSR count). The van der Waals surface area contributed by atoms with Gasteiger partial charge in [0.1, 0.15) is 28.5 Å². The number of aromatic nitrogens is 2. The standard InChI is InChI=1S/C24H25N3OS/c1-3-20-19(16-10-8-15(2)9-11-16)12-17(28-20)13-25-23-22-18-6-4-5-7-21(18)29-24(22)27-14-26-23/h8-12,14H,3-7,13H2,1-2H3,(H,25,26,27). The van der Waals surface area contributed by atoms with Crippen molar-refractivity contribution in [3.63, 3.8) is 0 Å². The first-order valence-electron chi connectivity index (χ1n) is 10.4. The zero-order chi connectivity index (χ0) is 19.8. The first-order chi connectivity index (χ1) is 14.2. The topological polar surface area (TPSA) is 51.0 Å². The number of nitrogens with one attached hydrogen (secondary N) is 1. The Morgan fingerprint density at radius 2 is 1.93 bits per heavy atom. The minimum Gasteiger partial charge on any atom is -0.464 e. The Morgan fingerprint density at radius 3 is 2.76 bits per heavy atom. The van der Waals surface area contributed by atoms with Gasteiger partial charge in [0, 0.05) is 16.9 Å². The monoisotopic (exact) mass is 403 g/mol. The van der Waals surface area contributed by atoms with Crippen LogP contribution in [0.3, 0.4) is 0 Å². The van der Waals surface area contributed by atoms with Crippen molar-refractivity contribution in [1.29, 1.82) is 0 Å². The molecule has 3 aromatic heterocycles. The number of aryl methyl sites for hydroxylation is 4. The number of nitrogens with zero attached hydrogens (tertiary/aromatic N) is 2. The smallest absolute Gasteiger partial charge is 0.138 e. The molecule has 0 amide bonds. The highest BCUT2D eigenvalue weighted by Gasteiger charge is 2.20. The zero-order valence-corrected chi connectivity index (χ0v) is 17.7. The molecular weight excluding hydrogens is 378 g/mol. The molecule has 29 heavy (non-hydrogen) atoms. The fourth-order valence-corrected chi connectivity index (χ4v) is 5.44.